The number of hydrogen-bond acceptors (Lipinski definition) is 2. The molecule has 0 N–H and O–H groups in total. The van der Waals surface area contributed by atoms with Crippen LogP contribution in [0, 0.1) is 6.92 Å². The number of alkyl halides is 2. The molecule has 1 unspecified atom stereocenters. The first-order valence-corrected chi connectivity index (χ1v) is 4.46. The molecule has 0 aliphatic carbocycles. The molecule has 2 nitrogen and oxygen atoms in total. The molecule has 1 aromatic rings. The molecule has 1 aromatic carbocycles. The van der Waals surface area contributed by atoms with Crippen LogP contribution in [0.15, 0.2) is 18.2 Å². The lowest BCUT2D eigenvalue weighted by molar-refractivity contribution is 0.0934. The van der Waals surface area contributed by atoms with E-state index in [0.717, 1.165) is 5.56 Å². The van der Waals surface area contributed by atoms with Gasteiger partial charge in [0.15, 0.2) is 0 Å². The summed E-state index contributed by atoms with van der Waals surface area (Å²) in [5.74, 6) is -0.223. The van der Waals surface area contributed by atoms with E-state index in [1.54, 1.807) is 19.1 Å². The number of carbonyl (C=O) groups excluding carboxylic acids is 1. The van der Waals surface area contributed by atoms with Crippen molar-refractivity contribution in [2.24, 2.45) is 0 Å². The lowest BCUT2D eigenvalue weighted by Crippen LogP contribution is -2.09. The van der Waals surface area contributed by atoms with Crippen LogP contribution in [0.5, 0.6) is 5.75 Å². The summed E-state index contributed by atoms with van der Waals surface area (Å²) in [6.45, 7) is 1.79. The van der Waals surface area contributed by atoms with Crippen molar-refractivity contribution in [1.29, 1.82) is 0 Å². The third-order valence-corrected chi connectivity index (χ3v) is 1.97. The zero-order valence-corrected chi connectivity index (χ0v) is 8.64. The molecule has 0 fully saturated rings. The third kappa shape index (κ3) is 2.45. The van der Waals surface area contributed by atoms with Crippen LogP contribution in [0.1, 0.15) is 15.9 Å². The van der Waals surface area contributed by atoms with Crippen LogP contribution in [0.3, 0.4) is 0 Å². The Kier molecular flexibility index (Phi) is 3.47. The summed E-state index contributed by atoms with van der Waals surface area (Å²) in [7, 11) is 1.48. The summed E-state index contributed by atoms with van der Waals surface area (Å²) in [5, 5.41) is 0. The average molecular weight is 217 g/mol. The molecule has 0 aliphatic rings. The Morgan fingerprint density at radius 3 is 2.64 bits per heavy atom. The molecule has 0 aromatic heterocycles. The smallest absolute Gasteiger partial charge is 0.235 e. The number of rotatable bonds is 3. The molecule has 0 bridgehead atoms. The fraction of sp³-hybridized carbons (Fsp3) is 0.300. The quantitative estimate of drug-likeness (QED) is 0.574. The first-order chi connectivity index (χ1) is 6.54. The van der Waals surface area contributed by atoms with Crippen LogP contribution < -0.4 is 4.74 Å². The molecule has 0 spiro atoms. The number of carbonyl (C=O) groups is 1. The van der Waals surface area contributed by atoms with Gasteiger partial charge in [-0.3, -0.25) is 4.79 Å². The van der Waals surface area contributed by atoms with Gasteiger partial charge in [-0.05, 0) is 30.7 Å². The Labute approximate surface area is 86.6 Å². The summed E-state index contributed by atoms with van der Waals surface area (Å²) in [6, 6.07) is 4.78. The lowest BCUT2D eigenvalue weighted by atomic mass is 10.1. The summed E-state index contributed by atoms with van der Waals surface area (Å²) in [5.41, 5.74) is -0.948. The Hall–Kier alpha value is -1.09. The van der Waals surface area contributed by atoms with Gasteiger partial charge >= 0.3 is 0 Å². The maximum Gasteiger partial charge on any atom is 0.235 e. The van der Waals surface area contributed by atoms with Crippen LogP contribution in [0.4, 0.5) is 4.39 Å². The minimum Gasteiger partial charge on any atom is -0.497 e. The zero-order valence-electron chi connectivity index (χ0n) is 7.88. The predicted molar refractivity (Wildman–Crippen MR) is 52.8 cm³/mol. The second kappa shape index (κ2) is 4.42. The number of ether oxygens (including phenoxy) is 1. The maximum absolute atomic E-state index is 12.5. The highest BCUT2D eigenvalue weighted by Gasteiger charge is 2.16. The van der Waals surface area contributed by atoms with E-state index in [-0.39, 0.29) is 5.56 Å². The van der Waals surface area contributed by atoms with Crippen molar-refractivity contribution >= 4 is 17.4 Å². The largest absolute Gasteiger partial charge is 0.497 e. The molecule has 0 amide bonds. The van der Waals surface area contributed by atoms with Crippen molar-refractivity contribution in [3.05, 3.63) is 29.3 Å². The van der Waals surface area contributed by atoms with Crippen LogP contribution in [-0.4, -0.2) is 18.5 Å². The van der Waals surface area contributed by atoms with Crippen molar-refractivity contribution in [2.75, 3.05) is 7.11 Å². The summed E-state index contributed by atoms with van der Waals surface area (Å²) < 4.78 is 17.5. The molecular formula is C10H10ClFO2. The van der Waals surface area contributed by atoms with E-state index in [2.05, 4.69) is 0 Å². The fourth-order valence-corrected chi connectivity index (χ4v) is 1.26. The normalized spacial score (nSPS) is 12.3. The molecule has 0 radical (unpaired) electrons. The topological polar surface area (TPSA) is 26.3 Å². The lowest BCUT2D eigenvalue weighted by Gasteiger charge is -2.05. The monoisotopic (exact) mass is 216 g/mol. The highest BCUT2D eigenvalue weighted by atomic mass is 35.5. The summed E-state index contributed by atoms with van der Waals surface area (Å²) in [6.07, 6.45) is 0. The van der Waals surface area contributed by atoms with Gasteiger partial charge in [-0.15, -0.1) is 0 Å². The molecule has 1 rings (SSSR count). The number of hydrogen-bond donors (Lipinski definition) is 0. The van der Waals surface area contributed by atoms with E-state index in [1.165, 1.54) is 13.2 Å². The van der Waals surface area contributed by atoms with Crippen LogP contribution >= 0.6 is 11.6 Å². The molecule has 4 heteroatoms. The molecule has 76 valence electrons. The van der Waals surface area contributed by atoms with E-state index in [1.807, 2.05) is 0 Å². The van der Waals surface area contributed by atoms with Gasteiger partial charge in [-0.25, -0.2) is 4.39 Å². The van der Waals surface area contributed by atoms with Crippen molar-refractivity contribution in [3.63, 3.8) is 0 Å². The van der Waals surface area contributed by atoms with Gasteiger partial charge in [0, 0.05) is 5.56 Å². The molecule has 0 saturated carbocycles. The van der Waals surface area contributed by atoms with E-state index in [9.17, 15) is 9.18 Å². The predicted octanol–water partition coefficient (Wildman–Crippen LogP) is 2.72. The Morgan fingerprint density at radius 1 is 1.50 bits per heavy atom. The maximum atomic E-state index is 12.5. The first kappa shape index (κ1) is 11.0. The van der Waals surface area contributed by atoms with Gasteiger partial charge < -0.3 is 4.74 Å². The molecular weight excluding hydrogens is 207 g/mol. The van der Waals surface area contributed by atoms with Gasteiger partial charge in [0.2, 0.25) is 11.4 Å². The molecule has 0 heterocycles. The van der Waals surface area contributed by atoms with Gasteiger partial charge in [0.1, 0.15) is 5.75 Å². The van der Waals surface area contributed by atoms with Crippen LogP contribution in [0.25, 0.3) is 0 Å². The van der Waals surface area contributed by atoms with E-state index in [4.69, 9.17) is 16.3 Å². The summed E-state index contributed by atoms with van der Waals surface area (Å²) >= 11 is 5.05. The standard InChI is InChI=1S/C10H10ClFO2/c1-6-3-7(9(13)10(11)12)5-8(4-6)14-2/h3-5,10H,1-2H3. The van der Waals surface area contributed by atoms with Gasteiger partial charge in [0.05, 0.1) is 7.11 Å². The number of benzene rings is 1. The second-order valence-electron chi connectivity index (χ2n) is 2.90. The number of aryl methyl sites for hydroxylation is 1. The van der Waals surface area contributed by atoms with Crippen molar-refractivity contribution in [2.45, 2.75) is 12.6 Å². The fourth-order valence-electron chi connectivity index (χ4n) is 1.13. The van der Waals surface area contributed by atoms with Crippen LogP contribution in [0.2, 0.25) is 0 Å². The second-order valence-corrected chi connectivity index (χ2v) is 3.29. The minimum atomic E-state index is -2.00. The Bertz CT molecular complexity index is 350. The van der Waals surface area contributed by atoms with Crippen molar-refractivity contribution in [3.8, 4) is 5.75 Å². The van der Waals surface area contributed by atoms with E-state index in [0.29, 0.717) is 5.75 Å². The average Bonchev–Trinajstić information content (AvgIpc) is 2.15. The van der Waals surface area contributed by atoms with Crippen molar-refractivity contribution in [1.82, 2.24) is 0 Å². The Balaban J connectivity index is 3.09. The SMILES string of the molecule is COc1cc(C)cc(C(=O)C(F)Cl)c1. The van der Waals surface area contributed by atoms with Gasteiger partial charge in [-0.1, -0.05) is 11.6 Å². The highest BCUT2D eigenvalue weighted by Crippen LogP contribution is 2.19. The molecule has 1 atom stereocenters. The number of ketones is 1. The minimum absolute atomic E-state index is 0.226. The number of methoxy groups -OCH3 is 1. The molecule has 0 aliphatic heterocycles. The van der Waals surface area contributed by atoms with Crippen molar-refractivity contribution < 1.29 is 13.9 Å². The number of Topliss-reactive ketones (excluding diaryl/α,β-unsaturated/α-hetero) is 1. The molecule has 0 saturated heterocycles. The Morgan fingerprint density at radius 2 is 2.14 bits per heavy atom. The summed E-state index contributed by atoms with van der Waals surface area (Å²) in [4.78, 5) is 11.2. The highest BCUT2D eigenvalue weighted by molar-refractivity contribution is 6.32. The molecule has 14 heavy (non-hydrogen) atoms. The first-order valence-electron chi connectivity index (χ1n) is 4.02. The van der Waals surface area contributed by atoms with Gasteiger partial charge in [-0.2, -0.15) is 0 Å². The van der Waals surface area contributed by atoms with Crippen LogP contribution in [-0.2, 0) is 0 Å². The van der Waals surface area contributed by atoms with E-state index < -0.39 is 11.4 Å². The van der Waals surface area contributed by atoms with E-state index >= 15 is 0 Å². The van der Waals surface area contributed by atoms with Gasteiger partial charge in [0.25, 0.3) is 0 Å². The zero-order chi connectivity index (χ0) is 10.7. The third-order valence-electron chi connectivity index (χ3n) is 1.77. The number of halogens is 2.